The highest BCUT2D eigenvalue weighted by molar-refractivity contribution is 5.94. The largest absolute Gasteiger partial charge is 0.351 e. The molecule has 126 valence electrons. The van der Waals surface area contributed by atoms with E-state index in [9.17, 15) is 4.79 Å². The molecule has 2 aromatic rings. The fraction of sp³-hybridized carbons (Fsp3) is 0.429. The first-order valence-electron chi connectivity index (χ1n) is 9.02. The van der Waals surface area contributed by atoms with Crippen LogP contribution in [0, 0.1) is 0 Å². The Morgan fingerprint density at radius 2 is 1.75 bits per heavy atom. The van der Waals surface area contributed by atoms with Gasteiger partial charge in [-0.3, -0.25) is 9.78 Å². The van der Waals surface area contributed by atoms with Crippen molar-refractivity contribution in [1.29, 1.82) is 0 Å². The monoisotopic (exact) mass is 322 g/mol. The normalized spacial score (nSPS) is 16.5. The molecule has 1 heterocycles. The van der Waals surface area contributed by atoms with E-state index in [2.05, 4.69) is 29.4 Å². The fourth-order valence-corrected chi connectivity index (χ4v) is 3.50. The van der Waals surface area contributed by atoms with Gasteiger partial charge in [0.2, 0.25) is 0 Å². The summed E-state index contributed by atoms with van der Waals surface area (Å²) in [5.74, 6) is 0.965. The van der Waals surface area contributed by atoms with Crippen LogP contribution in [0.5, 0.6) is 0 Å². The summed E-state index contributed by atoms with van der Waals surface area (Å²) in [7, 11) is 0. The maximum absolute atomic E-state index is 12.3. The van der Waals surface area contributed by atoms with Gasteiger partial charge in [0.1, 0.15) is 0 Å². The molecular formula is C21H26N2O. The van der Waals surface area contributed by atoms with Gasteiger partial charge in [-0.15, -0.1) is 0 Å². The average Bonchev–Trinajstić information content (AvgIpc) is 2.67. The minimum atomic E-state index is 0.00565. The van der Waals surface area contributed by atoms with Crippen LogP contribution in [0.4, 0.5) is 0 Å². The molecule has 1 aromatic carbocycles. The van der Waals surface area contributed by atoms with Gasteiger partial charge < -0.3 is 5.32 Å². The lowest BCUT2D eigenvalue weighted by Gasteiger charge is -2.22. The molecule has 1 N–H and O–H groups in total. The molecule has 3 rings (SSSR count). The van der Waals surface area contributed by atoms with E-state index in [0.29, 0.717) is 12.5 Å². The Hall–Kier alpha value is -2.16. The van der Waals surface area contributed by atoms with Gasteiger partial charge in [0, 0.05) is 24.5 Å². The zero-order valence-electron chi connectivity index (χ0n) is 14.4. The molecule has 3 nitrogen and oxygen atoms in total. The molecule has 1 aromatic heterocycles. The zero-order chi connectivity index (χ0) is 16.8. The number of carbonyl (C=O) groups is 1. The number of aromatic nitrogens is 1. The van der Waals surface area contributed by atoms with Crippen molar-refractivity contribution in [2.45, 2.75) is 50.9 Å². The Morgan fingerprint density at radius 1 is 1.08 bits per heavy atom. The first-order valence-corrected chi connectivity index (χ1v) is 9.02. The van der Waals surface area contributed by atoms with Crippen LogP contribution in [-0.4, -0.2) is 17.4 Å². The van der Waals surface area contributed by atoms with Crippen molar-refractivity contribution in [3.63, 3.8) is 0 Å². The molecule has 0 radical (unpaired) electrons. The minimum Gasteiger partial charge on any atom is -0.351 e. The number of nitrogens with zero attached hydrogens (tertiary/aromatic N) is 1. The van der Waals surface area contributed by atoms with E-state index >= 15 is 0 Å². The third-order valence-electron chi connectivity index (χ3n) is 5.09. The highest BCUT2D eigenvalue weighted by Gasteiger charge is 2.16. The van der Waals surface area contributed by atoms with E-state index < -0.39 is 0 Å². The van der Waals surface area contributed by atoms with E-state index in [4.69, 9.17) is 0 Å². The van der Waals surface area contributed by atoms with Gasteiger partial charge in [0.25, 0.3) is 5.91 Å². The van der Waals surface area contributed by atoms with E-state index in [1.54, 1.807) is 12.4 Å². The molecular weight excluding hydrogens is 296 g/mol. The summed E-state index contributed by atoms with van der Waals surface area (Å²) >= 11 is 0. The number of benzene rings is 1. The van der Waals surface area contributed by atoms with Gasteiger partial charge in [-0.2, -0.15) is 0 Å². The lowest BCUT2D eigenvalue weighted by molar-refractivity contribution is 0.0951. The van der Waals surface area contributed by atoms with Crippen molar-refractivity contribution in [2.24, 2.45) is 0 Å². The number of carbonyl (C=O) groups excluding carboxylic acids is 1. The molecule has 1 aliphatic carbocycles. The number of nitrogens with one attached hydrogen (secondary N) is 1. The summed E-state index contributed by atoms with van der Waals surface area (Å²) < 4.78 is 0. The van der Waals surface area contributed by atoms with Crippen LogP contribution in [-0.2, 0) is 0 Å². The Bertz CT molecular complexity index is 645. The quantitative estimate of drug-likeness (QED) is 0.869. The topological polar surface area (TPSA) is 42.0 Å². The zero-order valence-corrected chi connectivity index (χ0v) is 14.4. The van der Waals surface area contributed by atoms with Crippen LogP contribution in [0.25, 0.3) is 0 Å². The van der Waals surface area contributed by atoms with E-state index in [1.807, 2.05) is 24.3 Å². The van der Waals surface area contributed by atoms with Gasteiger partial charge >= 0.3 is 0 Å². The predicted octanol–water partition coefficient (Wildman–Crippen LogP) is 4.66. The van der Waals surface area contributed by atoms with E-state index in [0.717, 1.165) is 5.56 Å². The second kappa shape index (κ2) is 8.09. The van der Waals surface area contributed by atoms with Crippen LogP contribution < -0.4 is 5.32 Å². The second-order valence-electron chi connectivity index (χ2n) is 6.85. The Balaban J connectivity index is 1.55. The standard InChI is InChI=1S/C21H26N2O/c1-16(17-11-13-22-14-12-17)15-23-21(24)20-9-7-19(8-10-20)18-5-3-2-4-6-18/h7-14,16,18H,2-6,15H2,1H3,(H,23,24). The lowest BCUT2D eigenvalue weighted by atomic mass is 9.84. The Kier molecular flexibility index (Phi) is 5.63. The number of hydrogen-bond acceptors (Lipinski definition) is 2. The Morgan fingerprint density at radius 3 is 2.42 bits per heavy atom. The molecule has 1 aliphatic rings. The third kappa shape index (κ3) is 4.22. The summed E-state index contributed by atoms with van der Waals surface area (Å²) in [5, 5.41) is 3.04. The van der Waals surface area contributed by atoms with Gasteiger partial charge in [0.05, 0.1) is 0 Å². The Labute approximate surface area is 144 Å². The SMILES string of the molecule is CC(CNC(=O)c1ccc(C2CCCCC2)cc1)c1ccncc1. The molecule has 1 amide bonds. The van der Waals surface area contributed by atoms with Crippen molar-refractivity contribution in [3.05, 3.63) is 65.5 Å². The first-order chi connectivity index (χ1) is 11.7. The molecule has 0 saturated heterocycles. The molecule has 0 bridgehead atoms. The van der Waals surface area contributed by atoms with E-state index in [-0.39, 0.29) is 11.8 Å². The van der Waals surface area contributed by atoms with Crippen LogP contribution >= 0.6 is 0 Å². The summed E-state index contributed by atoms with van der Waals surface area (Å²) in [6.45, 7) is 2.75. The highest BCUT2D eigenvalue weighted by atomic mass is 16.1. The van der Waals surface area contributed by atoms with E-state index in [1.165, 1.54) is 43.2 Å². The molecule has 0 aliphatic heterocycles. The van der Waals surface area contributed by atoms with Crippen molar-refractivity contribution in [2.75, 3.05) is 6.54 Å². The van der Waals surface area contributed by atoms with Crippen molar-refractivity contribution in [1.82, 2.24) is 10.3 Å². The maximum atomic E-state index is 12.3. The second-order valence-corrected chi connectivity index (χ2v) is 6.85. The summed E-state index contributed by atoms with van der Waals surface area (Å²) in [6.07, 6.45) is 10.2. The van der Waals surface area contributed by atoms with Crippen molar-refractivity contribution in [3.8, 4) is 0 Å². The lowest BCUT2D eigenvalue weighted by Crippen LogP contribution is -2.27. The smallest absolute Gasteiger partial charge is 0.251 e. The predicted molar refractivity (Wildman–Crippen MR) is 97.3 cm³/mol. The maximum Gasteiger partial charge on any atom is 0.251 e. The van der Waals surface area contributed by atoms with Crippen LogP contribution in [0.15, 0.2) is 48.8 Å². The molecule has 24 heavy (non-hydrogen) atoms. The number of rotatable bonds is 5. The van der Waals surface area contributed by atoms with Gasteiger partial charge in [-0.05, 0) is 60.1 Å². The van der Waals surface area contributed by atoms with Crippen LogP contribution in [0.2, 0.25) is 0 Å². The van der Waals surface area contributed by atoms with Crippen LogP contribution in [0.3, 0.4) is 0 Å². The highest BCUT2D eigenvalue weighted by Crippen LogP contribution is 2.32. The molecule has 1 unspecified atom stereocenters. The summed E-state index contributed by atoms with van der Waals surface area (Å²) in [4.78, 5) is 16.4. The number of amides is 1. The van der Waals surface area contributed by atoms with Gasteiger partial charge in [0.15, 0.2) is 0 Å². The molecule has 3 heteroatoms. The van der Waals surface area contributed by atoms with Gasteiger partial charge in [-0.1, -0.05) is 38.3 Å². The summed E-state index contributed by atoms with van der Waals surface area (Å²) in [6, 6.07) is 12.2. The first kappa shape index (κ1) is 16.7. The minimum absolute atomic E-state index is 0.00565. The molecule has 1 saturated carbocycles. The average molecular weight is 322 g/mol. The fourth-order valence-electron chi connectivity index (χ4n) is 3.50. The summed E-state index contributed by atoms with van der Waals surface area (Å²) in [5.41, 5.74) is 3.32. The van der Waals surface area contributed by atoms with Crippen LogP contribution in [0.1, 0.15) is 72.3 Å². The molecule has 1 atom stereocenters. The number of hydrogen-bond donors (Lipinski definition) is 1. The van der Waals surface area contributed by atoms with Crippen molar-refractivity contribution >= 4 is 5.91 Å². The van der Waals surface area contributed by atoms with Crippen molar-refractivity contribution < 1.29 is 4.79 Å². The third-order valence-corrected chi connectivity index (χ3v) is 5.09. The van der Waals surface area contributed by atoms with Gasteiger partial charge in [-0.25, -0.2) is 0 Å². The molecule has 0 spiro atoms. The number of pyridine rings is 1. The molecule has 1 fully saturated rings.